The number of likely N-dealkylation sites (tertiary alicyclic amines) is 1. The molecule has 0 spiro atoms. The molecule has 3 rings (SSSR count). The van der Waals surface area contributed by atoms with Crippen LogP contribution in [0.5, 0.6) is 0 Å². The number of carbonyl (C=O) groups excluding carboxylic acids is 2. The molecule has 0 saturated carbocycles. The Labute approximate surface area is 150 Å². The van der Waals surface area contributed by atoms with Crippen LogP contribution in [0.1, 0.15) is 27.3 Å². The number of aromatic nitrogens is 1. The summed E-state index contributed by atoms with van der Waals surface area (Å²) >= 11 is 5.89. The van der Waals surface area contributed by atoms with Crippen molar-refractivity contribution in [1.29, 1.82) is 0 Å². The molecular formula is C18H18ClN3O3. The maximum absolute atomic E-state index is 12.4. The summed E-state index contributed by atoms with van der Waals surface area (Å²) in [5.74, 6) is -0.518. The third kappa shape index (κ3) is 4.15. The maximum Gasteiger partial charge on any atom is 0.272 e. The number of nitrogens with zero attached hydrogens (tertiary/aromatic N) is 2. The lowest BCUT2D eigenvalue weighted by Gasteiger charge is -2.36. The highest BCUT2D eigenvalue weighted by molar-refractivity contribution is 6.30. The number of benzene rings is 1. The first-order valence-corrected chi connectivity index (χ1v) is 8.37. The van der Waals surface area contributed by atoms with Gasteiger partial charge in [0.2, 0.25) is 0 Å². The zero-order chi connectivity index (χ0) is 17.8. The summed E-state index contributed by atoms with van der Waals surface area (Å²) in [6, 6.07) is 11.3. The molecule has 1 aliphatic rings. The minimum atomic E-state index is -0.843. The standard InChI is InChI=1S/C18H18ClN3O3/c19-13-5-3-4-12(10-13)17(24)21-14-7-9-22(11-16(14)23)18(25)15-6-1-2-8-20-15/h1-6,8,10,14,16,23H,7,9,11H2,(H,21,24)/t14-,16-/m1/s1. The number of hydrogen-bond donors (Lipinski definition) is 2. The van der Waals surface area contributed by atoms with Crippen LogP contribution in [0.25, 0.3) is 0 Å². The summed E-state index contributed by atoms with van der Waals surface area (Å²) < 4.78 is 0. The zero-order valence-electron chi connectivity index (χ0n) is 13.4. The fraction of sp³-hybridized carbons (Fsp3) is 0.278. The average Bonchev–Trinajstić information content (AvgIpc) is 2.63. The van der Waals surface area contributed by atoms with Crippen molar-refractivity contribution in [2.75, 3.05) is 13.1 Å². The van der Waals surface area contributed by atoms with Gasteiger partial charge in [-0.3, -0.25) is 14.6 Å². The second kappa shape index (κ2) is 7.63. The van der Waals surface area contributed by atoms with E-state index in [2.05, 4.69) is 10.3 Å². The van der Waals surface area contributed by atoms with E-state index in [0.717, 1.165) is 0 Å². The number of halogens is 1. The lowest BCUT2D eigenvalue weighted by Crippen LogP contribution is -2.55. The Kier molecular flexibility index (Phi) is 5.31. The molecule has 2 aromatic rings. The molecule has 1 aliphatic heterocycles. The first-order valence-electron chi connectivity index (χ1n) is 7.99. The Hall–Kier alpha value is -2.44. The van der Waals surface area contributed by atoms with Crippen LogP contribution in [0.4, 0.5) is 0 Å². The van der Waals surface area contributed by atoms with Crippen molar-refractivity contribution in [3.63, 3.8) is 0 Å². The largest absolute Gasteiger partial charge is 0.389 e. The zero-order valence-corrected chi connectivity index (χ0v) is 14.2. The van der Waals surface area contributed by atoms with E-state index in [9.17, 15) is 14.7 Å². The molecule has 1 aromatic heterocycles. The maximum atomic E-state index is 12.4. The summed E-state index contributed by atoms with van der Waals surface area (Å²) in [5, 5.41) is 13.6. The SMILES string of the molecule is O=C(N[C@@H]1CCN(C(=O)c2ccccn2)C[C@H]1O)c1cccc(Cl)c1. The van der Waals surface area contributed by atoms with E-state index in [1.807, 2.05) is 0 Å². The number of carbonyl (C=O) groups is 2. The van der Waals surface area contributed by atoms with E-state index < -0.39 is 12.1 Å². The predicted octanol–water partition coefficient (Wildman–Crippen LogP) is 1.74. The second-order valence-electron chi connectivity index (χ2n) is 5.91. The molecule has 130 valence electrons. The van der Waals surface area contributed by atoms with Gasteiger partial charge in [0.1, 0.15) is 5.69 Å². The van der Waals surface area contributed by atoms with Crippen LogP contribution >= 0.6 is 11.6 Å². The third-order valence-corrected chi connectivity index (χ3v) is 4.39. The van der Waals surface area contributed by atoms with Gasteiger partial charge in [-0.1, -0.05) is 23.7 Å². The van der Waals surface area contributed by atoms with E-state index in [-0.39, 0.29) is 18.4 Å². The molecule has 1 fully saturated rings. The lowest BCUT2D eigenvalue weighted by atomic mass is 10.0. The number of aliphatic hydroxyl groups is 1. The van der Waals surface area contributed by atoms with Crippen LogP contribution in [0.15, 0.2) is 48.7 Å². The molecule has 0 bridgehead atoms. The Morgan fingerprint density at radius 3 is 2.76 bits per heavy atom. The number of hydrogen-bond acceptors (Lipinski definition) is 4. The highest BCUT2D eigenvalue weighted by atomic mass is 35.5. The van der Waals surface area contributed by atoms with E-state index in [1.165, 1.54) is 0 Å². The number of β-amino-alcohol motifs (C(OH)–C–C–N with tert-alkyl or cyclic N) is 1. The normalized spacial score (nSPS) is 20.2. The van der Waals surface area contributed by atoms with Crippen molar-refractivity contribution in [1.82, 2.24) is 15.2 Å². The molecule has 6 nitrogen and oxygen atoms in total. The third-order valence-electron chi connectivity index (χ3n) is 4.16. The molecule has 2 atom stereocenters. The predicted molar refractivity (Wildman–Crippen MR) is 93.5 cm³/mol. The summed E-state index contributed by atoms with van der Waals surface area (Å²) in [7, 11) is 0. The van der Waals surface area contributed by atoms with Gasteiger partial charge >= 0.3 is 0 Å². The van der Waals surface area contributed by atoms with Gasteiger partial charge in [0.05, 0.1) is 12.1 Å². The van der Waals surface area contributed by atoms with Crippen LogP contribution in [-0.2, 0) is 0 Å². The number of aliphatic hydroxyl groups excluding tert-OH is 1. The number of rotatable bonds is 3. The summed E-state index contributed by atoms with van der Waals surface area (Å²) in [4.78, 5) is 30.2. The second-order valence-corrected chi connectivity index (χ2v) is 6.35. The fourth-order valence-corrected chi connectivity index (χ4v) is 3.01. The first-order chi connectivity index (χ1) is 12.0. The highest BCUT2D eigenvalue weighted by Crippen LogP contribution is 2.16. The molecule has 1 saturated heterocycles. The average molecular weight is 360 g/mol. The first kappa shape index (κ1) is 17.4. The van der Waals surface area contributed by atoms with Gasteiger partial charge in [0.25, 0.3) is 11.8 Å². The van der Waals surface area contributed by atoms with Gasteiger partial charge in [0.15, 0.2) is 0 Å². The van der Waals surface area contributed by atoms with E-state index in [1.54, 1.807) is 53.6 Å². The van der Waals surface area contributed by atoms with Gasteiger partial charge < -0.3 is 15.3 Å². The van der Waals surface area contributed by atoms with Crippen LogP contribution in [0.3, 0.4) is 0 Å². The van der Waals surface area contributed by atoms with Crippen LogP contribution in [0, 0.1) is 0 Å². The highest BCUT2D eigenvalue weighted by Gasteiger charge is 2.32. The van der Waals surface area contributed by atoms with Crippen molar-refractivity contribution in [3.05, 3.63) is 64.9 Å². The minimum Gasteiger partial charge on any atom is -0.389 e. The van der Waals surface area contributed by atoms with Crippen molar-refractivity contribution in [2.45, 2.75) is 18.6 Å². The van der Waals surface area contributed by atoms with Gasteiger partial charge in [-0.25, -0.2) is 0 Å². The molecule has 2 amide bonds. The topological polar surface area (TPSA) is 82.5 Å². The van der Waals surface area contributed by atoms with Gasteiger partial charge in [-0.15, -0.1) is 0 Å². The molecule has 0 radical (unpaired) electrons. The molecule has 2 N–H and O–H groups in total. The fourth-order valence-electron chi connectivity index (χ4n) is 2.82. The molecule has 1 aromatic carbocycles. The monoisotopic (exact) mass is 359 g/mol. The summed E-state index contributed by atoms with van der Waals surface area (Å²) in [6.07, 6.45) is 1.18. The Morgan fingerprint density at radius 2 is 2.08 bits per heavy atom. The van der Waals surface area contributed by atoms with Gasteiger partial charge in [0, 0.05) is 29.9 Å². The van der Waals surface area contributed by atoms with Crippen molar-refractivity contribution in [3.8, 4) is 0 Å². The molecule has 25 heavy (non-hydrogen) atoms. The van der Waals surface area contributed by atoms with Crippen molar-refractivity contribution < 1.29 is 14.7 Å². The smallest absolute Gasteiger partial charge is 0.272 e. The Morgan fingerprint density at radius 1 is 1.24 bits per heavy atom. The van der Waals surface area contributed by atoms with Crippen LogP contribution in [-0.4, -0.2) is 52.0 Å². The summed E-state index contributed by atoms with van der Waals surface area (Å²) in [6.45, 7) is 0.586. The van der Waals surface area contributed by atoms with Gasteiger partial charge in [-0.2, -0.15) is 0 Å². The van der Waals surface area contributed by atoms with E-state index in [4.69, 9.17) is 11.6 Å². The summed E-state index contributed by atoms with van der Waals surface area (Å²) in [5.41, 5.74) is 0.780. The van der Waals surface area contributed by atoms with Crippen molar-refractivity contribution in [2.24, 2.45) is 0 Å². The number of amides is 2. The number of piperidine rings is 1. The van der Waals surface area contributed by atoms with Gasteiger partial charge in [-0.05, 0) is 36.8 Å². The van der Waals surface area contributed by atoms with E-state index >= 15 is 0 Å². The van der Waals surface area contributed by atoms with Crippen LogP contribution in [0.2, 0.25) is 5.02 Å². The quantitative estimate of drug-likeness (QED) is 0.874. The van der Waals surface area contributed by atoms with Crippen molar-refractivity contribution >= 4 is 23.4 Å². The molecule has 0 aliphatic carbocycles. The van der Waals surface area contributed by atoms with E-state index in [0.29, 0.717) is 29.2 Å². The molecular weight excluding hydrogens is 342 g/mol. The minimum absolute atomic E-state index is 0.149. The Balaban J connectivity index is 1.60. The molecule has 0 unspecified atom stereocenters. The molecule has 2 heterocycles. The Bertz CT molecular complexity index is 769. The van der Waals surface area contributed by atoms with Crippen LogP contribution < -0.4 is 5.32 Å². The number of pyridine rings is 1. The number of nitrogens with one attached hydrogen (secondary N) is 1. The lowest BCUT2D eigenvalue weighted by molar-refractivity contribution is 0.0311. The molecule has 7 heteroatoms.